The molecule has 0 aliphatic carbocycles. The zero-order valence-corrected chi connectivity index (χ0v) is 15.0. The van der Waals surface area contributed by atoms with E-state index < -0.39 is 10.0 Å². The molecule has 1 aliphatic rings. The van der Waals surface area contributed by atoms with Crippen molar-refractivity contribution in [2.75, 3.05) is 19.3 Å². The predicted molar refractivity (Wildman–Crippen MR) is 94.1 cm³/mol. The zero-order chi connectivity index (χ0) is 17.2. The highest BCUT2D eigenvalue weighted by Gasteiger charge is 2.27. The molecule has 0 aromatic carbocycles. The minimum atomic E-state index is -3.14. The summed E-state index contributed by atoms with van der Waals surface area (Å²) < 4.78 is 27.2. The van der Waals surface area contributed by atoms with Crippen LogP contribution in [0.15, 0.2) is 30.5 Å². The minimum Gasteiger partial charge on any atom is -0.263 e. The van der Waals surface area contributed by atoms with Crippen molar-refractivity contribution in [2.24, 2.45) is 0 Å². The fourth-order valence-corrected chi connectivity index (χ4v) is 4.16. The molecule has 1 unspecified atom stereocenters. The minimum absolute atomic E-state index is 0.149. The molecule has 2 aromatic rings. The monoisotopic (exact) mass is 348 g/mol. The van der Waals surface area contributed by atoms with Gasteiger partial charge in [0.15, 0.2) is 0 Å². The van der Waals surface area contributed by atoms with Crippen molar-refractivity contribution in [1.82, 2.24) is 19.1 Å². The summed E-state index contributed by atoms with van der Waals surface area (Å²) >= 11 is 0. The Morgan fingerprint density at radius 1 is 1.29 bits per heavy atom. The number of rotatable bonds is 5. The highest BCUT2D eigenvalue weighted by Crippen LogP contribution is 2.28. The van der Waals surface area contributed by atoms with Crippen LogP contribution in [0, 0.1) is 0 Å². The molecule has 1 saturated heterocycles. The van der Waals surface area contributed by atoms with Gasteiger partial charge in [-0.2, -0.15) is 5.10 Å². The number of piperidine rings is 1. The third-order valence-electron chi connectivity index (χ3n) is 4.46. The molecule has 3 heterocycles. The van der Waals surface area contributed by atoms with Gasteiger partial charge in [-0.3, -0.25) is 9.67 Å². The first-order valence-electron chi connectivity index (χ1n) is 8.43. The van der Waals surface area contributed by atoms with Crippen LogP contribution in [0.3, 0.4) is 0 Å². The van der Waals surface area contributed by atoms with E-state index in [1.54, 1.807) is 10.5 Å². The summed E-state index contributed by atoms with van der Waals surface area (Å²) in [5.41, 5.74) is 2.87. The van der Waals surface area contributed by atoms with Crippen LogP contribution >= 0.6 is 0 Å². The fourth-order valence-electron chi connectivity index (χ4n) is 3.25. The summed E-state index contributed by atoms with van der Waals surface area (Å²) in [5.74, 6) is 0.149. The summed E-state index contributed by atoms with van der Waals surface area (Å²) in [5, 5.41) is 4.36. The van der Waals surface area contributed by atoms with Gasteiger partial charge in [0.2, 0.25) is 10.0 Å². The van der Waals surface area contributed by atoms with Gasteiger partial charge in [0.05, 0.1) is 17.6 Å². The van der Waals surface area contributed by atoms with E-state index in [1.807, 2.05) is 28.9 Å². The second-order valence-corrected chi connectivity index (χ2v) is 8.33. The molecule has 24 heavy (non-hydrogen) atoms. The first-order valence-corrected chi connectivity index (χ1v) is 10.3. The topological polar surface area (TPSA) is 68.1 Å². The van der Waals surface area contributed by atoms with E-state index in [9.17, 15) is 8.42 Å². The van der Waals surface area contributed by atoms with Crippen LogP contribution < -0.4 is 0 Å². The summed E-state index contributed by atoms with van der Waals surface area (Å²) in [7, 11) is -3.14. The predicted octanol–water partition coefficient (Wildman–Crippen LogP) is 2.49. The fraction of sp³-hybridized carbons (Fsp3) is 0.529. The first-order chi connectivity index (χ1) is 11.5. The molecule has 2 aromatic heterocycles. The standard InChI is InChI=1S/C17H24N4O2S/c1-3-11-21-17(9-10-18-21)16-8-4-7-15(19-16)14-6-5-12-20(13-14)24(2,22)23/h4,7-10,14H,3,5-6,11-13H2,1-2H3. The lowest BCUT2D eigenvalue weighted by Gasteiger charge is -2.30. The highest BCUT2D eigenvalue weighted by atomic mass is 32.2. The van der Waals surface area contributed by atoms with Gasteiger partial charge >= 0.3 is 0 Å². The van der Waals surface area contributed by atoms with Crippen LogP contribution in [0.1, 0.15) is 37.8 Å². The third-order valence-corrected chi connectivity index (χ3v) is 5.73. The summed E-state index contributed by atoms with van der Waals surface area (Å²) in [6.07, 6.45) is 5.93. The second-order valence-electron chi connectivity index (χ2n) is 6.35. The Bertz CT molecular complexity index is 800. The van der Waals surface area contributed by atoms with Crippen LogP contribution in [0.5, 0.6) is 0 Å². The number of aromatic nitrogens is 3. The van der Waals surface area contributed by atoms with E-state index in [2.05, 4.69) is 12.0 Å². The Kier molecular flexibility index (Phi) is 5.01. The molecule has 7 heteroatoms. The maximum atomic E-state index is 11.8. The average molecular weight is 348 g/mol. The molecule has 130 valence electrons. The first kappa shape index (κ1) is 17.1. The van der Waals surface area contributed by atoms with Crippen molar-refractivity contribution in [3.63, 3.8) is 0 Å². The molecule has 1 fully saturated rings. The number of hydrogen-bond acceptors (Lipinski definition) is 4. The van der Waals surface area contributed by atoms with Crippen molar-refractivity contribution in [1.29, 1.82) is 0 Å². The SMILES string of the molecule is CCCn1nccc1-c1cccc(C2CCCN(S(C)(=O)=O)C2)n1. The molecule has 1 atom stereocenters. The molecule has 0 saturated carbocycles. The number of sulfonamides is 1. The highest BCUT2D eigenvalue weighted by molar-refractivity contribution is 7.88. The van der Waals surface area contributed by atoms with E-state index in [0.717, 1.165) is 42.9 Å². The number of hydrogen-bond donors (Lipinski definition) is 0. The molecule has 0 N–H and O–H groups in total. The molecule has 0 bridgehead atoms. The van der Waals surface area contributed by atoms with Crippen molar-refractivity contribution in [3.8, 4) is 11.4 Å². The Labute approximate surface area is 143 Å². The Balaban J connectivity index is 1.86. The Morgan fingerprint density at radius 2 is 2.12 bits per heavy atom. The van der Waals surface area contributed by atoms with E-state index >= 15 is 0 Å². The van der Waals surface area contributed by atoms with Crippen LogP contribution in [0.4, 0.5) is 0 Å². The summed E-state index contributed by atoms with van der Waals surface area (Å²) in [6.45, 7) is 4.11. The molecule has 3 rings (SSSR count). The summed E-state index contributed by atoms with van der Waals surface area (Å²) in [4.78, 5) is 4.82. The van der Waals surface area contributed by atoms with E-state index in [4.69, 9.17) is 4.98 Å². The summed E-state index contributed by atoms with van der Waals surface area (Å²) in [6, 6.07) is 7.97. The second kappa shape index (κ2) is 7.03. The van der Waals surface area contributed by atoms with Gasteiger partial charge in [0.1, 0.15) is 0 Å². The lowest BCUT2D eigenvalue weighted by Crippen LogP contribution is -2.38. The van der Waals surface area contributed by atoms with E-state index in [1.165, 1.54) is 6.26 Å². The van der Waals surface area contributed by atoms with Gasteiger partial charge in [-0.25, -0.2) is 12.7 Å². The quantitative estimate of drug-likeness (QED) is 0.832. The number of aryl methyl sites for hydroxylation is 1. The van der Waals surface area contributed by atoms with Crippen LogP contribution in [-0.4, -0.2) is 46.8 Å². The normalized spacial score (nSPS) is 19.5. The lowest BCUT2D eigenvalue weighted by molar-refractivity contribution is 0.314. The van der Waals surface area contributed by atoms with Gasteiger partial charge in [-0.05, 0) is 37.5 Å². The van der Waals surface area contributed by atoms with Gasteiger partial charge in [-0.15, -0.1) is 0 Å². The Morgan fingerprint density at radius 3 is 2.88 bits per heavy atom. The van der Waals surface area contributed by atoms with Gasteiger partial charge in [-0.1, -0.05) is 13.0 Å². The maximum Gasteiger partial charge on any atom is 0.211 e. The van der Waals surface area contributed by atoms with E-state index in [0.29, 0.717) is 13.1 Å². The number of pyridine rings is 1. The van der Waals surface area contributed by atoms with Crippen molar-refractivity contribution in [2.45, 2.75) is 38.6 Å². The molecule has 1 aliphatic heterocycles. The molecule has 0 amide bonds. The van der Waals surface area contributed by atoms with Crippen molar-refractivity contribution < 1.29 is 8.42 Å². The van der Waals surface area contributed by atoms with Crippen LogP contribution in [-0.2, 0) is 16.6 Å². The van der Waals surface area contributed by atoms with Gasteiger partial charge in [0.25, 0.3) is 0 Å². The van der Waals surface area contributed by atoms with Crippen molar-refractivity contribution >= 4 is 10.0 Å². The average Bonchev–Trinajstić information content (AvgIpc) is 3.03. The maximum absolute atomic E-state index is 11.8. The van der Waals surface area contributed by atoms with E-state index in [-0.39, 0.29) is 5.92 Å². The zero-order valence-electron chi connectivity index (χ0n) is 14.2. The lowest BCUT2D eigenvalue weighted by atomic mass is 9.95. The van der Waals surface area contributed by atoms with Crippen molar-refractivity contribution in [3.05, 3.63) is 36.2 Å². The largest absolute Gasteiger partial charge is 0.263 e. The third kappa shape index (κ3) is 3.67. The molecule has 6 nitrogen and oxygen atoms in total. The van der Waals surface area contributed by atoms with Crippen LogP contribution in [0.2, 0.25) is 0 Å². The molecular formula is C17H24N4O2S. The smallest absolute Gasteiger partial charge is 0.211 e. The number of nitrogens with zero attached hydrogens (tertiary/aromatic N) is 4. The molecule has 0 radical (unpaired) electrons. The van der Waals surface area contributed by atoms with Crippen LogP contribution in [0.25, 0.3) is 11.4 Å². The van der Waals surface area contributed by atoms with Gasteiger partial charge in [0, 0.05) is 37.4 Å². The molecular weight excluding hydrogens is 324 g/mol. The Hall–Kier alpha value is -1.73. The van der Waals surface area contributed by atoms with Gasteiger partial charge < -0.3 is 0 Å². The molecule has 0 spiro atoms.